The van der Waals surface area contributed by atoms with Crippen LogP contribution in [0, 0.1) is 0 Å². The molecular formula is C25H24N4O3. The fourth-order valence-electron chi connectivity index (χ4n) is 3.38. The van der Waals surface area contributed by atoms with Crippen molar-refractivity contribution in [2.75, 3.05) is 12.4 Å². The van der Waals surface area contributed by atoms with E-state index in [0.717, 1.165) is 5.69 Å². The van der Waals surface area contributed by atoms with Crippen LogP contribution in [-0.2, 0) is 0 Å². The Morgan fingerprint density at radius 1 is 0.969 bits per heavy atom. The quantitative estimate of drug-likeness (QED) is 0.424. The maximum atomic E-state index is 13.0. The standard InChI is InChI=1S/C25H24N4O3/c1-17(2)24-20(16-27-29(24)23-10-6-7-15-26-23)25(30)28-18-11-13-19(14-12-18)32-22-9-5-4-8-21(22)31-3/h4-17H,1-3H3,(H,28,30). The molecule has 0 bridgehead atoms. The highest BCUT2D eigenvalue weighted by Crippen LogP contribution is 2.31. The number of carbonyl (C=O) groups excluding carboxylic acids is 1. The van der Waals surface area contributed by atoms with Crippen molar-refractivity contribution >= 4 is 11.6 Å². The van der Waals surface area contributed by atoms with Gasteiger partial charge in [-0.25, -0.2) is 9.67 Å². The second kappa shape index (κ2) is 9.34. The van der Waals surface area contributed by atoms with Crippen LogP contribution in [0.2, 0.25) is 0 Å². The van der Waals surface area contributed by atoms with Crippen molar-refractivity contribution in [2.45, 2.75) is 19.8 Å². The Kier molecular flexibility index (Phi) is 6.17. The molecule has 2 aromatic carbocycles. The number of rotatable bonds is 7. The monoisotopic (exact) mass is 428 g/mol. The van der Waals surface area contributed by atoms with Crippen molar-refractivity contribution in [1.29, 1.82) is 0 Å². The van der Waals surface area contributed by atoms with Crippen LogP contribution >= 0.6 is 0 Å². The number of para-hydroxylation sites is 2. The summed E-state index contributed by atoms with van der Waals surface area (Å²) in [5.74, 6) is 2.43. The van der Waals surface area contributed by atoms with Gasteiger partial charge in [0.25, 0.3) is 5.91 Å². The maximum Gasteiger partial charge on any atom is 0.259 e. The number of ether oxygens (including phenoxy) is 2. The van der Waals surface area contributed by atoms with Crippen LogP contribution < -0.4 is 14.8 Å². The molecule has 2 aromatic heterocycles. The SMILES string of the molecule is COc1ccccc1Oc1ccc(NC(=O)c2cnn(-c3ccccn3)c2C(C)C)cc1. The lowest BCUT2D eigenvalue weighted by atomic mass is 10.1. The van der Waals surface area contributed by atoms with E-state index in [4.69, 9.17) is 9.47 Å². The lowest BCUT2D eigenvalue weighted by Crippen LogP contribution is -2.15. The van der Waals surface area contributed by atoms with Crippen LogP contribution in [0.5, 0.6) is 17.2 Å². The Morgan fingerprint density at radius 3 is 2.34 bits per heavy atom. The average Bonchev–Trinajstić information content (AvgIpc) is 3.27. The van der Waals surface area contributed by atoms with E-state index in [-0.39, 0.29) is 11.8 Å². The number of anilines is 1. The van der Waals surface area contributed by atoms with Gasteiger partial charge >= 0.3 is 0 Å². The summed E-state index contributed by atoms with van der Waals surface area (Å²) in [4.78, 5) is 17.4. The highest BCUT2D eigenvalue weighted by molar-refractivity contribution is 6.05. The number of hydrogen-bond donors (Lipinski definition) is 1. The predicted octanol–water partition coefficient (Wildman–Crippen LogP) is 5.44. The second-order valence-electron chi connectivity index (χ2n) is 7.43. The number of amides is 1. The van der Waals surface area contributed by atoms with Gasteiger partial charge in [-0.15, -0.1) is 0 Å². The number of carbonyl (C=O) groups is 1. The molecule has 32 heavy (non-hydrogen) atoms. The van der Waals surface area contributed by atoms with E-state index in [2.05, 4.69) is 15.4 Å². The third kappa shape index (κ3) is 4.46. The van der Waals surface area contributed by atoms with Crippen LogP contribution in [0.15, 0.2) is 79.1 Å². The van der Waals surface area contributed by atoms with Gasteiger partial charge in [0.2, 0.25) is 0 Å². The molecule has 4 rings (SSSR count). The largest absolute Gasteiger partial charge is 0.493 e. The Bertz CT molecular complexity index is 1200. The Balaban J connectivity index is 1.51. The first kappa shape index (κ1) is 21.1. The molecule has 4 aromatic rings. The normalized spacial score (nSPS) is 10.8. The average molecular weight is 428 g/mol. The molecule has 0 aliphatic rings. The predicted molar refractivity (Wildman–Crippen MR) is 123 cm³/mol. The molecule has 0 saturated carbocycles. The van der Waals surface area contributed by atoms with Crippen molar-refractivity contribution in [3.63, 3.8) is 0 Å². The Labute approximate surface area is 186 Å². The van der Waals surface area contributed by atoms with E-state index >= 15 is 0 Å². The van der Waals surface area contributed by atoms with E-state index in [9.17, 15) is 4.79 Å². The minimum absolute atomic E-state index is 0.0804. The van der Waals surface area contributed by atoms with Crippen LogP contribution in [0.25, 0.3) is 5.82 Å². The first-order chi connectivity index (χ1) is 15.6. The fraction of sp³-hybridized carbons (Fsp3) is 0.160. The van der Waals surface area contributed by atoms with E-state index in [1.54, 1.807) is 48.5 Å². The summed E-state index contributed by atoms with van der Waals surface area (Å²) < 4.78 is 12.9. The van der Waals surface area contributed by atoms with Crippen molar-refractivity contribution in [2.24, 2.45) is 0 Å². The van der Waals surface area contributed by atoms with Crippen molar-refractivity contribution in [1.82, 2.24) is 14.8 Å². The molecule has 162 valence electrons. The van der Waals surface area contributed by atoms with Gasteiger partial charge in [0.1, 0.15) is 5.75 Å². The number of nitrogens with one attached hydrogen (secondary N) is 1. The highest BCUT2D eigenvalue weighted by Gasteiger charge is 2.21. The van der Waals surface area contributed by atoms with Gasteiger partial charge in [0.05, 0.1) is 24.6 Å². The second-order valence-corrected chi connectivity index (χ2v) is 7.43. The number of nitrogens with zero attached hydrogens (tertiary/aromatic N) is 3. The Hall–Kier alpha value is -4.13. The van der Waals surface area contributed by atoms with Gasteiger partial charge < -0.3 is 14.8 Å². The topological polar surface area (TPSA) is 78.3 Å². The van der Waals surface area contributed by atoms with Crippen LogP contribution in [-0.4, -0.2) is 27.8 Å². The van der Waals surface area contributed by atoms with Crippen LogP contribution in [0.3, 0.4) is 0 Å². The van der Waals surface area contributed by atoms with E-state index in [0.29, 0.717) is 34.3 Å². The molecular weight excluding hydrogens is 404 g/mol. The third-order valence-corrected chi connectivity index (χ3v) is 4.87. The molecule has 2 heterocycles. The molecule has 7 nitrogen and oxygen atoms in total. The van der Waals surface area contributed by atoms with Crippen LogP contribution in [0.1, 0.15) is 35.8 Å². The van der Waals surface area contributed by atoms with Gasteiger partial charge in [-0.2, -0.15) is 5.10 Å². The first-order valence-corrected chi connectivity index (χ1v) is 10.3. The minimum Gasteiger partial charge on any atom is -0.493 e. The lowest BCUT2D eigenvalue weighted by molar-refractivity contribution is 0.102. The summed E-state index contributed by atoms with van der Waals surface area (Å²) >= 11 is 0. The third-order valence-electron chi connectivity index (χ3n) is 4.87. The minimum atomic E-state index is -0.228. The zero-order chi connectivity index (χ0) is 22.5. The number of methoxy groups -OCH3 is 1. The maximum absolute atomic E-state index is 13.0. The van der Waals surface area contributed by atoms with Gasteiger partial charge in [0.15, 0.2) is 17.3 Å². The lowest BCUT2D eigenvalue weighted by Gasteiger charge is -2.13. The van der Waals surface area contributed by atoms with E-state index < -0.39 is 0 Å². The summed E-state index contributed by atoms with van der Waals surface area (Å²) in [6.45, 7) is 4.05. The summed E-state index contributed by atoms with van der Waals surface area (Å²) in [5.41, 5.74) is 1.97. The highest BCUT2D eigenvalue weighted by atomic mass is 16.5. The zero-order valence-corrected chi connectivity index (χ0v) is 18.1. The first-order valence-electron chi connectivity index (χ1n) is 10.3. The van der Waals surface area contributed by atoms with Gasteiger partial charge in [-0.3, -0.25) is 4.79 Å². The van der Waals surface area contributed by atoms with Gasteiger partial charge in [-0.05, 0) is 54.4 Å². The number of benzene rings is 2. The van der Waals surface area contributed by atoms with Crippen molar-refractivity contribution < 1.29 is 14.3 Å². The molecule has 0 aliphatic carbocycles. The molecule has 0 fully saturated rings. The summed E-state index contributed by atoms with van der Waals surface area (Å²) in [5, 5.41) is 7.35. The molecule has 7 heteroatoms. The molecule has 0 atom stereocenters. The summed E-state index contributed by atoms with van der Waals surface area (Å²) in [7, 11) is 1.60. The fourth-order valence-corrected chi connectivity index (χ4v) is 3.38. The van der Waals surface area contributed by atoms with Gasteiger partial charge in [0, 0.05) is 11.9 Å². The zero-order valence-electron chi connectivity index (χ0n) is 18.1. The van der Waals surface area contributed by atoms with Crippen LogP contribution in [0.4, 0.5) is 5.69 Å². The molecule has 1 N–H and O–H groups in total. The van der Waals surface area contributed by atoms with Crippen molar-refractivity contribution in [3.05, 3.63) is 90.4 Å². The summed E-state index contributed by atoms with van der Waals surface area (Å²) in [6.07, 6.45) is 3.29. The van der Waals surface area contributed by atoms with Gasteiger partial charge in [-0.1, -0.05) is 32.0 Å². The molecule has 1 amide bonds. The molecule has 0 spiro atoms. The molecule has 0 unspecified atom stereocenters. The van der Waals surface area contributed by atoms with Crippen molar-refractivity contribution in [3.8, 4) is 23.1 Å². The van der Waals surface area contributed by atoms with E-state index in [1.165, 1.54) is 0 Å². The summed E-state index contributed by atoms with van der Waals surface area (Å²) in [6, 6.07) is 20.2. The van der Waals surface area contributed by atoms with E-state index in [1.807, 2.05) is 56.3 Å². The number of pyridine rings is 1. The number of aromatic nitrogens is 3. The number of hydrogen-bond acceptors (Lipinski definition) is 5. The smallest absolute Gasteiger partial charge is 0.259 e. The molecule has 0 saturated heterocycles. The molecule has 0 aliphatic heterocycles. The molecule has 0 radical (unpaired) electrons. The Morgan fingerprint density at radius 2 is 1.69 bits per heavy atom.